The van der Waals surface area contributed by atoms with Gasteiger partial charge in [-0.3, -0.25) is 4.79 Å². The van der Waals surface area contributed by atoms with Crippen molar-refractivity contribution in [2.75, 3.05) is 14.2 Å². The maximum atomic E-state index is 12.1. The van der Waals surface area contributed by atoms with Crippen molar-refractivity contribution in [3.63, 3.8) is 0 Å². The molecule has 0 saturated carbocycles. The SMILES string of the molecule is CNOC(=O)CC(c1ccccc1)c1cc(OC)cc2cc[nH]c12. The summed E-state index contributed by atoms with van der Waals surface area (Å²) in [5.41, 5.74) is 5.51. The number of hydrogen-bond donors (Lipinski definition) is 2. The molecule has 0 amide bonds. The fraction of sp³-hybridized carbons (Fsp3) is 0.211. The second-order valence-electron chi connectivity index (χ2n) is 5.50. The van der Waals surface area contributed by atoms with E-state index in [0.717, 1.165) is 27.8 Å². The Morgan fingerprint density at radius 3 is 2.71 bits per heavy atom. The average molecular weight is 324 g/mol. The minimum Gasteiger partial charge on any atom is -0.497 e. The van der Waals surface area contributed by atoms with Crippen molar-refractivity contribution in [3.05, 3.63) is 65.9 Å². The van der Waals surface area contributed by atoms with Crippen molar-refractivity contribution in [2.45, 2.75) is 12.3 Å². The molecule has 5 heteroatoms. The van der Waals surface area contributed by atoms with Crippen molar-refractivity contribution in [1.29, 1.82) is 0 Å². The lowest BCUT2D eigenvalue weighted by Crippen LogP contribution is -2.18. The van der Waals surface area contributed by atoms with Gasteiger partial charge in [0, 0.05) is 30.1 Å². The summed E-state index contributed by atoms with van der Waals surface area (Å²) in [7, 11) is 3.22. The smallest absolute Gasteiger partial charge is 0.325 e. The highest BCUT2D eigenvalue weighted by atomic mass is 16.7. The largest absolute Gasteiger partial charge is 0.497 e. The van der Waals surface area contributed by atoms with Gasteiger partial charge in [0.25, 0.3) is 0 Å². The zero-order valence-corrected chi connectivity index (χ0v) is 13.7. The quantitative estimate of drug-likeness (QED) is 0.682. The Hall–Kier alpha value is -2.79. The minimum absolute atomic E-state index is 0.136. The molecule has 1 unspecified atom stereocenters. The van der Waals surface area contributed by atoms with Gasteiger partial charge in [0.1, 0.15) is 5.75 Å². The first-order valence-corrected chi connectivity index (χ1v) is 7.79. The molecule has 0 aliphatic heterocycles. The molecule has 0 spiro atoms. The number of hydroxylamine groups is 1. The molecule has 0 saturated heterocycles. The first-order valence-electron chi connectivity index (χ1n) is 7.79. The maximum Gasteiger partial charge on any atom is 0.325 e. The van der Waals surface area contributed by atoms with Crippen LogP contribution >= 0.6 is 0 Å². The van der Waals surface area contributed by atoms with Gasteiger partial charge in [-0.15, -0.1) is 0 Å². The summed E-state index contributed by atoms with van der Waals surface area (Å²) < 4.78 is 5.43. The zero-order chi connectivity index (χ0) is 16.9. The summed E-state index contributed by atoms with van der Waals surface area (Å²) in [5.74, 6) is 0.317. The van der Waals surface area contributed by atoms with E-state index in [-0.39, 0.29) is 18.3 Å². The van der Waals surface area contributed by atoms with E-state index in [1.165, 1.54) is 0 Å². The minimum atomic E-state index is -0.311. The summed E-state index contributed by atoms with van der Waals surface area (Å²) in [6.45, 7) is 0. The molecule has 3 aromatic rings. The van der Waals surface area contributed by atoms with Crippen LogP contribution in [0.15, 0.2) is 54.7 Å². The molecule has 124 valence electrons. The topological polar surface area (TPSA) is 63.4 Å². The lowest BCUT2D eigenvalue weighted by atomic mass is 9.87. The number of aromatic amines is 1. The molecule has 2 N–H and O–H groups in total. The molecule has 0 radical (unpaired) electrons. The van der Waals surface area contributed by atoms with E-state index in [0.29, 0.717) is 0 Å². The van der Waals surface area contributed by atoms with Gasteiger partial charge in [0.15, 0.2) is 0 Å². The summed E-state index contributed by atoms with van der Waals surface area (Å²) in [5, 5.41) is 1.05. The summed E-state index contributed by atoms with van der Waals surface area (Å²) in [6, 6.07) is 15.9. The van der Waals surface area contributed by atoms with Crippen molar-refractivity contribution < 1.29 is 14.4 Å². The van der Waals surface area contributed by atoms with E-state index in [4.69, 9.17) is 9.57 Å². The highest BCUT2D eigenvalue weighted by molar-refractivity contribution is 5.86. The molecule has 0 bridgehead atoms. The van der Waals surface area contributed by atoms with E-state index in [1.807, 2.05) is 54.7 Å². The Labute approximate surface area is 140 Å². The Balaban J connectivity index is 2.11. The van der Waals surface area contributed by atoms with Crippen molar-refractivity contribution in [3.8, 4) is 5.75 Å². The molecule has 0 aliphatic rings. The number of methoxy groups -OCH3 is 1. The monoisotopic (exact) mass is 324 g/mol. The number of benzene rings is 2. The highest BCUT2D eigenvalue weighted by Crippen LogP contribution is 2.35. The fourth-order valence-electron chi connectivity index (χ4n) is 2.98. The molecule has 1 atom stereocenters. The number of carbonyl (C=O) groups is 1. The molecule has 2 aromatic carbocycles. The van der Waals surface area contributed by atoms with Gasteiger partial charge in [-0.1, -0.05) is 30.3 Å². The number of carbonyl (C=O) groups excluding carboxylic acids is 1. The van der Waals surface area contributed by atoms with Gasteiger partial charge in [0.05, 0.1) is 13.5 Å². The molecule has 1 heterocycles. The normalized spacial score (nSPS) is 12.1. The molecule has 1 aromatic heterocycles. The number of fused-ring (bicyclic) bond motifs is 1. The molecule has 3 rings (SSSR count). The van der Waals surface area contributed by atoms with E-state index >= 15 is 0 Å². The summed E-state index contributed by atoms with van der Waals surface area (Å²) >= 11 is 0. The first kappa shape index (κ1) is 16.1. The van der Waals surface area contributed by atoms with Crippen LogP contribution in [0.1, 0.15) is 23.5 Å². The molecule has 0 fully saturated rings. The zero-order valence-electron chi connectivity index (χ0n) is 13.7. The van der Waals surface area contributed by atoms with Gasteiger partial charge >= 0.3 is 5.97 Å². The van der Waals surface area contributed by atoms with Crippen molar-refractivity contribution in [1.82, 2.24) is 10.5 Å². The second kappa shape index (κ2) is 7.19. The number of aromatic nitrogens is 1. The summed E-state index contributed by atoms with van der Waals surface area (Å²) in [6.07, 6.45) is 2.12. The van der Waals surface area contributed by atoms with Crippen LogP contribution in [0, 0.1) is 0 Å². The predicted molar refractivity (Wildman–Crippen MR) is 92.9 cm³/mol. The second-order valence-corrected chi connectivity index (χ2v) is 5.50. The van der Waals surface area contributed by atoms with Gasteiger partial charge < -0.3 is 14.6 Å². The number of hydrogen-bond acceptors (Lipinski definition) is 4. The number of ether oxygens (including phenoxy) is 1. The Morgan fingerprint density at radius 2 is 2.00 bits per heavy atom. The Bertz CT molecular complexity index is 827. The van der Waals surface area contributed by atoms with Crippen LogP contribution in [-0.4, -0.2) is 25.1 Å². The number of nitrogens with one attached hydrogen (secondary N) is 2. The summed E-state index contributed by atoms with van der Waals surface area (Å²) in [4.78, 5) is 20.3. The third kappa shape index (κ3) is 3.26. The van der Waals surface area contributed by atoms with Gasteiger partial charge in [-0.25, -0.2) is 0 Å². The van der Waals surface area contributed by atoms with E-state index in [1.54, 1.807) is 14.2 Å². The third-order valence-corrected chi connectivity index (χ3v) is 4.06. The molecule has 0 aliphatic carbocycles. The Morgan fingerprint density at radius 1 is 1.21 bits per heavy atom. The first-order chi connectivity index (χ1) is 11.7. The van der Waals surface area contributed by atoms with Crippen LogP contribution in [0.4, 0.5) is 0 Å². The fourth-order valence-corrected chi connectivity index (χ4v) is 2.98. The van der Waals surface area contributed by atoms with Crippen molar-refractivity contribution >= 4 is 16.9 Å². The van der Waals surface area contributed by atoms with Crippen LogP contribution in [0.5, 0.6) is 5.75 Å². The predicted octanol–water partition coefficient (Wildman–Crippen LogP) is 3.38. The van der Waals surface area contributed by atoms with Gasteiger partial charge in [-0.05, 0) is 29.3 Å². The number of rotatable bonds is 6. The maximum absolute atomic E-state index is 12.1. The molecular weight excluding hydrogens is 304 g/mol. The highest BCUT2D eigenvalue weighted by Gasteiger charge is 2.22. The third-order valence-electron chi connectivity index (χ3n) is 4.06. The number of H-pyrrole nitrogens is 1. The average Bonchev–Trinajstić information content (AvgIpc) is 3.08. The van der Waals surface area contributed by atoms with E-state index in [9.17, 15) is 4.79 Å². The van der Waals surface area contributed by atoms with Crippen LogP contribution in [0.3, 0.4) is 0 Å². The molecule has 24 heavy (non-hydrogen) atoms. The Kier molecular flexibility index (Phi) is 4.82. The van der Waals surface area contributed by atoms with E-state index < -0.39 is 0 Å². The lowest BCUT2D eigenvalue weighted by molar-refractivity contribution is -0.150. The van der Waals surface area contributed by atoms with Crippen LogP contribution in [0.2, 0.25) is 0 Å². The lowest BCUT2D eigenvalue weighted by Gasteiger charge is -2.19. The molecule has 5 nitrogen and oxygen atoms in total. The van der Waals surface area contributed by atoms with Crippen molar-refractivity contribution in [2.24, 2.45) is 0 Å². The van der Waals surface area contributed by atoms with Crippen LogP contribution in [-0.2, 0) is 9.63 Å². The standard InChI is InChI=1S/C19H20N2O3/c1-20-24-18(22)12-16(13-6-4-3-5-7-13)17-11-15(23-2)10-14-8-9-21-19(14)17/h3-11,16,20-21H,12H2,1-2H3. The van der Waals surface area contributed by atoms with Crippen LogP contribution < -0.4 is 10.2 Å². The van der Waals surface area contributed by atoms with Crippen LogP contribution in [0.25, 0.3) is 10.9 Å². The van der Waals surface area contributed by atoms with Gasteiger partial charge in [-0.2, -0.15) is 5.48 Å². The molecular formula is C19H20N2O3. The van der Waals surface area contributed by atoms with E-state index in [2.05, 4.69) is 10.5 Å². The van der Waals surface area contributed by atoms with Gasteiger partial charge in [0.2, 0.25) is 0 Å².